The molecule has 1 unspecified atom stereocenters. The summed E-state index contributed by atoms with van der Waals surface area (Å²) in [5.41, 5.74) is 0. The van der Waals surface area contributed by atoms with Crippen LogP contribution >= 0.6 is 0 Å². The summed E-state index contributed by atoms with van der Waals surface area (Å²) in [5.74, 6) is -3.09. The summed E-state index contributed by atoms with van der Waals surface area (Å²) in [6, 6.07) is 0. The van der Waals surface area contributed by atoms with Crippen LogP contribution in [0.25, 0.3) is 0 Å². The molecule has 0 aliphatic carbocycles. The minimum atomic E-state index is -1.22. The van der Waals surface area contributed by atoms with Gasteiger partial charge in [0.25, 0.3) is 5.91 Å². The van der Waals surface area contributed by atoms with Crippen LogP contribution in [-0.4, -0.2) is 29.5 Å². The molecule has 5 heteroatoms. The maximum absolute atomic E-state index is 10.6. The Morgan fingerprint density at radius 3 is 2.80 bits per heavy atom. The summed E-state index contributed by atoms with van der Waals surface area (Å²) in [4.78, 5) is 27.3. The van der Waals surface area contributed by atoms with Crippen LogP contribution < -0.4 is 0 Å². The Morgan fingerprint density at radius 1 is 1.70 bits per heavy atom. The maximum Gasteiger partial charge on any atom is 0.321 e. The third-order valence-corrected chi connectivity index (χ3v) is 1.02. The molecule has 1 aliphatic heterocycles. The largest absolute Gasteiger partial charge is 0.480 e. The lowest BCUT2D eigenvalue weighted by atomic mass is 10.1. The number of rotatable bonds is 1. The molecule has 1 heterocycles. The van der Waals surface area contributed by atoms with Gasteiger partial charge in [0.05, 0.1) is 0 Å². The van der Waals surface area contributed by atoms with Crippen molar-refractivity contribution in [3.8, 4) is 0 Å². The molecule has 10 heavy (non-hydrogen) atoms. The third kappa shape index (κ3) is 1.07. The summed E-state index contributed by atoms with van der Waals surface area (Å²) in [5, 5.41) is 8.32. The predicted molar refractivity (Wildman–Crippen MR) is 33.1 cm³/mol. The zero-order chi connectivity index (χ0) is 7.56. The Morgan fingerprint density at radius 2 is 2.40 bits per heavy atom. The monoisotopic (exact) mass is 140 g/mol. The highest BCUT2D eigenvalue weighted by atomic mass is 16.4. The molecule has 1 amide bonds. The minimum Gasteiger partial charge on any atom is -0.480 e. The summed E-state index contributed by atoms with van der Waals surface area (Å²) in [6.45, 7) is 0. The van der Waals surface area contributed by atoms with Crippen LogP contribution in [0.1, 0.15) is 0 Å². The first kappa shape index (κ1) is 6.60. The second kappa shape index (κ2) is 2.38. The number of hydrogen-bond donors (Lipinski definition) is 1. The second-order valence-electron chi connectivity index (χ2n) is 1.70. The van der Waals surface area contributed by atoms with E-state index in [2.05, 4.69) is 9.98 Å². The van der Waals surface area contributed by atoms with E-state index < -0.39 is 17.8 Å². The molecule has 5 nitrogen and oxygen atoms in total. The van der Waals surface area contributed by atoms with E-state index in [1.165, 1.54) is 0 Å². The lowest BCUT2D eigenvalue weighted by Crippen LogP contribution is -2.25. The van der Waals surface area contributed by atoms with Crippen LogP contribution in [0.15, 0.2) is 9.98 Å². The van der Waals surface area contributed by atoms with Crippen molar-refractivity contribution in [3.63, 3.8) is 0 Å². The molecule has 1 N–H and O–H groups in total. The summed E-state index contributed by atoms with van der Waals surface area (Å²) in [6.07, 6.45) is 2.08. The molecule has 0 aromatic rings. The van der Waals surface area contributed by atoms with Crippen molar-refractivity contribution in [2.24, 2.45) is 15.9 Å². The number of nitrogens with zero attached hydrogens (tertiary/aromatic N) is 2. The molecule has 0 spiro atoms. The fourth-order valence-corrected chi connectivity index (χ4v) is 0.528. The normalized spacial score (nSPS) is 23.2. The molecular formula is C5H4N2O3. The molecule has 0 bridgehead atoms. The molecule has 1 aliphatic rings. The van der Waals surface area contributed by atoms with Gasteiger partial charge in [0.2, 0.25) is 0 Å². The summed E-state index contributed by atoms with van der Waals surface area (Å²) in [7, 11) is 0. The van der Waals surface area contributed by atoms with Gasteiger partial charge in [-0.1, -0.05) is 0 Å². The first-order valence-electron chi connectivity index (χ1n) is 2.54. The van der Waals surface area contributed by atoms with Crippen LogP contribution in [-0.2, 0) is 9.59 Å². The van der Waals surface area contributed by atoms with Gasteiger partial charge in [-0.25, -0.2) is 9.98 Å². The van der Waals surface area contributed by atoms with Gasteiger partial charge >= 0.3 is 5.97 Å². The lowest BCUT2D eigenvalue weighted by molar-refractivity contribution is -0.142. The van der Waals surface area contributed by atoms with E-state index >= 15 is 0 Å². The number of hydrogen-bond acceptors (Lipinski definition) is 3. The number of aliphatic imine (C=N–C) groups is 2. The van der Waals surface area contributed by atoms with Crippen molar-refractivity contribution in [2.45, 2.75) is 0 Å². The Hall–Kier alpha value is -1.52. The molecule has 0 fully saturated rings. The van der Waals surface area contributed by atoms with Gasteiger partial charge in [-0.05, 0) is 0 Å². The van der Waals surface area contributed by atoms with Gasteiger partial charge in [0, 0.05) is 6.21 Å². The molecule has 0 aromatic carbocycles. The summed E-state index contributed by atoms with van der Waals surface area (Å²) >= 11 is 0. The molecule has 52 valence electrons. The van der Waals surface area contributed by atoms with Crippen molar-refractivity contribution < 1.29 is 14.7 Å². The van der Waals surface area contributed by atoms with Gasteiger partial charge in [-0.2, -0.15) is 0 Å². The number of amides is 1. The Kier molecular flexibility index (Phi) is 1.57. The van der Waals surface area contributed by atoms with E-state index in [1.807, 2.05) is 0 Å². The zero-order valence-corrected chi connectivity index (χ0v) is 4.89. The number of aliphatic carboxylic acids is 1. The van der Waals surface area contributed by atoms with Crippen LogP contribution in [0.2, 0.25) is 0 Å². The van der Waals surface area contributed by atoms with E-state index in [0.29, 0.717) is 0 Å². The zero-order valence-electron chi connectivity index (χ0n) is 4.89. The molecule has 0 saturated carbocycles. The molecule has 0 saturated heterocycles. The average molecular weight is 140 g/mol. The second-order valence-corrected chi connectivity index (χ2v) is 1.70. The molecule has 1 atom stereocenters. The highest BCUT2D eigenvalue weighted by Gasteiger charge is 2.24. The molecule has 1 rings (SSSR count). The standard InChI is InChI=1S/C5H4N2O3/c8-4-3(5(9)10)1-6-2-7-4/h1-3H,(H,9,10). The van der Waals surface area contributed by atoms with Gasteiger partial charge in [-0.15, -0.1) is 0 Å². The van der Waals surface area contributed by atoms with Gasteiger partial charge in [-0.3, -0.25) is 9.59 Å². The quantitative estimate of drug-likeness (QED) is 0.490. The van der Waals surface area contributed by atoms with Crippen molar-refractivity contribution in [2.75, 3.05) is 0 Å². The fraction of sp³-hybridized carbons (Fsp3) is 0.200. The molecular weight excluding hydrogens is 136 g/mol. The van der Waals surface area contributed by atoms with E-state index in [0.717, 1.165) is 12.6 Å². The SMILES string of the molecule is O=C(O)C1C=NC=NC1=O. The van der Waals surface area contributed by atoms with Gasteiger partial charge < -0.3 is 5.11 Å². The fourth-order valence-electron chi connectivity index (χ4n) is 0.528. The summed E-state index contributed by atoms with van der Waals surface area (Å²) < 4.78 is 0. The predicted octanol–water partition coefficient (Wildman–Crippen LogP) is -0.673. The van der Waals surface area contributed by atoms with Crippen molar-refractivity contribution in [1.29, 1.82) is 0 Å². The van der Waals surface area contributed by atoms with Crippen molar-refractivity contribution in [1.82, 2.24) is 0 Å². The van der Waals surface area contributed by atoms with Crippen LogP contribution in [0, 0.1) is 5.92 Å². The Bertz CT molecular complexity index is 231. The topological polar surface area (TPSA) is 79.1 Å². The number of carboxylic acid groups (broad SMARTS) is 1. The van der Waals surface area contributed by atoms with E-state index in [1.54, 1.807) is 0 Å². The average Bonchev–Trinajstić information content (AvgIpc) is 1.88. The molecule has 0 radical (unpaired) electrons. The first-order chi connectivity index (χ1) is 4.72. The van der Waals surface area contributed by atoms with E-state index in [-0.39, 0.29) is 0 Å². The van der Waals surface area contributed by atoms with E-state index in [4.69, 9.17) is 5.11 Å². The smallest absolute Gasteiger partial charge is 0.321 e. The van der Waals surface area contributed by atoms with Crippen molar-refractivity contribution >= 4 is 24.4 Å². The minimum absolute atomic E-state index is 0.678. The number of carbonyl (C=O) groups excluding carboxylic acids is 1. The highest BCUT2D eigenvalue weighted by Crippen LogP contribution is 1.99. The van der Waals surface area contributed by atoms with Gasteiger partial charge in [0.1, 0.15) is 6.34 Å². The van der Waals surface area contributed by atoms with E-state index in [9.17, 15) is 9.59 Å². The van der Waals surface area contributed by atoms with Gasteiger partial charge in [0.15, 0.2) is 5.92 Å². The molecule has 0 aromatic heterocycles. The third-order valence-electron chi connectivity index (χ3n) is 1.02. The van der Waals surface area contributed by atoms with Crippen LogP contribution in [0.4, 0.5) is 0 Å². The Labute approximate surface area is 56.1 Å². The highest BCUT2D eigenvalue weighted by molar-refractivity contribution is 6.15. The maximum atomic E-state index is 10.6. The lowest BCUT2D eigenvalue weighted by Gasteiger charge is -2.02. The Balaban J connectivity index is 2.80. The van der Waals surface area contributed by atoms with Crippen LogP contribution in [0.3, 0.4) is 0 Å². The van der Waals surface area contributed by atoms with Crippen LogP contribution in [0.5, 0.6) is 0 Å². The van der Waals surface area contributed by atoms with Crippen molar-refractivity contribution in [3.05, 3.63) is 0 Å². The number of carboxylic acids is 1. The number of carbonyl (C=O) groups is 2. The first-order valence-corrected chi connectivity index (χ1v) is 2.54.